The van der Waals surface area contributed by atoms with E-state index in [4.69, 9.17) is 4.74 Å². The molecule has 1 aromatic carbocycles. The van der Waals surface area contributed by atoms with E-state index in [0.29, 0.717) is 5.88 Å². The van der Waals surface area contributed by atoms with Crippen molar-refractivity contribution in [1.29, 1.82) is 0 Å². The molecule has 1 aliphatic heterocycles. The molecule has 0 N–H and O–H groups in total. The first kappa shape index (κ1) is 14.6. The van der Waals surface area contributed by atoms with Crippen LogP contribution in [0.1, 0.15) is 40.5 Å². The smallest absolute Gasteiger partial charge is 0.254 e. The highest BCUT2D eigenvalue weighted by atomic mass is 16.5. The fraction of sp³-hybridized carbons (Fsp3) is 0.333. The van der Waals surface area contributed by atoms with Gasteiger partial charge in [-0.05, 0) is 43.5 Å². The van der Waals surface area contributed by atoms with Gasteiger partial charge in [0, 0.05) is 23.9 Å². The summed E-state index contributed by atoms with van der Waals surface area (Å²) < 4.78 is 5.16. The van der Waals surface area contributed by atoms with Crippen molar-refractivity contribution in [2.24, 2.45) is 0 Å². The van der Waals surface area contributed by atoms with Crippen molar-refractivity contribution in [1.82, 2.24) is 9.88 Å². The van der Waals surface area contributed by atoms with Crippen molar-refractivity contribution in [3.05, 3.63) is 59.3 Å². The maximum atomic E-state index is 12.7. The van der Waals surface area contributed by atoms with Gasteiger partial charge >= 0.3 is 0 Å². The molecule has 1 atom stereocenters. The SMILES string of the molecule is COc1ccc([C@@H]2CCCN2C(=O)c2ccccc2)c(C)n1. The molecule has 2 heterocycles. The molecule has 0 saturated carbocycles. The maximum absolute atomic E-state index is 12.7. The Morgan fingerprint density at radius 3 is 2.68 bits per heavy atom. The summed E-state index contributed by atoms with van der Waals surface area (Å²) in [5.41, 5.74) is 2.79. The van der Waals surface area contributed by atoms with Crippen LogP contribution in [0.25, 0.3) is 0 Å². The number of hydrogen-bond acceptors (Lipinski definition) is 3. The van der Waals surface area contributed by atoms with Gasteiger partial charge in [0.05, 0.1) is 13.2 Å². The van der Waals surface area contributed by atoms with E-state index in [-0.39, 0.29) is 11.9 Å². The molecule has 0 aliphatic carbocycles. The van der Waals surface area contributed by atoms with E-state index in [1.165, 1.54) is 0 Å². The lowest BCUT2D eigenvalue weighted by Gasteiger charge is -2.26. The topological polar surface area (TPSA) is 42.4 Å². The number of carbonyl (C=O) groups excluding carboxylic acids is 1. The van der Waals surface area contributed by atoms with E-state index in [1.54, 1.807) is 7.11 Å². The van der Waals surface area contributed by atoms with Crippen LogP contribution >= 0.6 is 0 Å². The minimum absolute atomic E-state index is 0.0957. The average Bonchev–Trinajstić information content (AvgIpc) is 3.04. The van der Waals surface area contributed by atoms with Crippen LogP contribution in [0, 0.1) is 6.92 Å². The van der Waals surface area contributed by atoms with Crippen LogP contribution in [0.15, 0.2) is 42.5 Å². The van der Waals surface area contributed by atoms with E-state index in [2.05, 4.69) is 4.98 Å². The summed E-state index contributed by atoms with van der Waals surface area (Å²) in [5, 5.41) is 0. The predicted octanol–water partition coefficient (Wildman–Crippen LogP) is 3.38. The molecule has 1 aliphatic rings. The van der Waals surface area contributed by atoms with Crippen LogP contribution in [0.5, 0.6) is 5.88 Å². The number of amides is 1. The standard InChI is InChI=1S/C18H20N2O2/c1-13-15(10-11-17(19-13)22-2)16-9-6-12-20(16)18(21)14-7-4-3-5-8-14/h3-5,7-8,10-11,16H,6,9,12H2,1-2H3/t16-/m0/s1. The third kappa shape index (κ3) is 2.69. The molecule has 0 radical (unpaired) electrons. The second kappa shape index (κ2) is 6.18. The third-order valence-corrected chi connectivity index (χ3v) is 4.20. The second-order valence-corrected chi connectivity index (χ2v) is 5.55. The molecular formula is C18H20N2O2. The summed E-state index contributed by atoms with van der Waals surface area (Å²) in [6.45, 7) is 2.77. The Balaban J connectivity index is 1.89. The van der Waals surface area contributed by atoms with Crippen molar-refractivity contribution in [3.63, 3.8) is 0 Å². The molecule has 1 amide bonds. The monoisotopic (exact) mass is 296 g/mol. The first-order valence-corrected chi connectivity index (χ1v) is 7.58. The van der Waals surface area contributed by atoms with Crippen molar-refractivity contribution in [3.8, 4) is 5.88 Å². The van der Waals surface area contributed by atoms with E-state index >= 15 is 0 Å². The summed E-state index contributed by atoms with van der Waals surface area (Å²) >= 11 is 0. The largest absolute Gasteiger partial charge is 0.481 e. The third-order valence-electron chi connectivity index (χ3n) is 4.20. The fourth-order valence-electron chi connectivity index (χ4n) is 3.09. The number of likely N-dealkylation sites (tertiary alicyclic amines) is 1. The van der Waals surface area contributed by atoms with Crippen LogP contribution in [0.3, 0.4) is 0 Å². The Hall–Kier alpha value is -2.36. The summed E-state index contributed by atoms with van der Waals surface area (Å²) in [5.74, 6) is 0.707. The number of ether oxygens (including phenoxy) is 1. The molecule has 22 heavy (non-hydrogen) atoms. The zero-order chi connectivity index (χ0) is 15.5. The minimum atomic E-state index is 0.0957. The molecule has 0 spiro atoms. The molecule has 1 fully saturated rings. The number of nitrogens with zero attached hydrogens (tertiary/aromatic N) is 2. The van der Waals surface area contributed by atoms with Gasteiger partial charge in [0.1, 0.15) is 0 Å². The van der Waals surface area contributed by atoms with Gasteiger partial charge in [-0.2, -0.15) is 0 Å². The number of methoxy groups -OCH3 is 1. The molecule has 0 bridgehead atoms. The molecule has 114 valence electrons. The first-order chi connectivity index (χ1) is 10.7. The fourth-order valence-corrected chi connectivity index (χ4v) is 3.09. The Morgan fingerprint density at radius 2 is 2.00 bits per heavy atom. The molecule has 3 rings (SSSR count). The van der Waals surface area contributed by atoms with Gasteiger partial charge in [0.15, 0.2) is 0 Å². The number of aryl methyl sites for hydroxylation is 1. The minimum Gasteiger partial charge on any atom is -0.481 e. The van der Waals surface area contributed by atoms with Gasteiger partial charge in [0.2, 0.25) is 5.88 Å². The molecular weight excluding hydrogens is 276 g/mol. The van der Waals surface area contributed by atoms with E-state index in [0.717, 1.165) is 36.2 Å². The van der Waals surface area contributed by atoms with Crippen molar-refractivity contribution >= 4 is 5.91 Å². The Morgan fingerprint density at radius 1 is 1.23 bits per heavy atom. The summed E-state index contributed by atoms with van der Waals surface area (Å²) in [7, 11) is 1.61. The molecule has 4 heteroatoms. The van der Waals surface area contributed by atoms with Gasteiger partial charge in [-0.3, -0.25) is 4.79 Å². The van der Waals surface area contributed by atoms with Crippen LogP contribution < -0.4 is 4.74 Å². The maximum Gasteiger partial charge on any atom is 0.254 e. The highest BCUT2D eigenvalue weighted by Gasteiger charge is 2.31. The lowest BCUT2D eigenvalue weighted by atomic mass is 10.0. The molecule has 1 saturated heterocycles. The normalized spacial score (nSPS) is 17.5. The number of rotatable bonds is 3. The summed E-state index contributed by atoms with van der Waals surface area (Å²) in [6, 6.07) is 13.5. The summed E-state index contributed by atoms with van der Waals surface area (Å²) in [4.78, 5) is 19.2. The molecule has 1 aromatic heterocycles. The second-order valence-electron chi connectivity index (χ2n) is 5.55. The van der Waals surface area contributed by atoms with Gasteiger partial charge in [-0.1, -0.05) is 18.2 Å². The van der Waals surface area contributed by atoms with E-state index in [1.807, 2.05) is 54.3 Å². The van der Waals surface area contributed by atoms with Crippen molar-refractivity contribution in [2.45, 2.75) is 25.8 Å². The first-order valence-electron chi connectivity index (χ1n) is 7.58. The van der Waals surface area contributed by atoms with Gasteiger partial charge < -0.3 is 9.64 Å². The quantitative estimate of drug-likeness (QED) is 0.872. The van der Waals surface area contributed by atoms with Gasteiger partial charge in [-0.15, -0.1) is 0 Å². The molecule has 4 nitrogen and oxygen atoms in total. The summed E-state index contributed by atoms with van der Waals surface area (Å²) in [6.07, 6.45) is 2.00. The van der Waals surface area contributed by atoms with Crippen LogP contribution in [0.4, 0.5) is 0 Å². The number of pyridine rings is 1. The number of hydrogen-bond donors (Lipinski definition) is 0. The Bertz CT molecular complexity index is 670. The van der Waals surface area contributed by atoms with Crippen molar-refractivity contribution in [2.75, 3.05) is 13.7 Å². The average molecular weight is 296 g/mol. The van der Waals surface area contributed by atoms with Crippen LogP contribution in [-0.4, -0.2) is 29.4 Å². The van der Waals surface area contributed by atoms with Crippen LogP contribution in [-0.2, 0) is 0 Å². The number of carbonyl (C=O) groups is 1. The Labute approximate surface area is 130 Å². The molecule has 2 aromatic rings. The van der Waals surface area contributed by atoms with Gasteiger partial charge in [-0.25, -0.2) is 4.98 Å². The number of benzene rings is 1. The number of aromatic nitrogens is 1. The predicted molar refractivity (Wildman–Crippen MR) is 85.0 cm³/mol. The van der Waals surface area contributed by atoms with E-state index in [9.17, 15) is 4.79 Å². The lowest BCUT2D eigenvalue weighted by Crippen LogP contribution is -2.31. The van der Waals surface area contributed by atoms with Crippen LogP contribution in [0.2, 0.25) is 0 Å². The van der Waals surface area contributed by atoms with Gasteiger partial charge in [0.25, 0.3) is 5.91 Å². The Kier molecular flexibility index (Phi) is 4.09. The van der Waals surface area contributed by atoms with E-state index < -0.39 is 0 Å². The van der Waals surface area contributed by atoms with Crippen molar-refractivity contribution < 1.29 is 9.53 Å². The zero-order valence-electron chi connectivity index (χ0n) is 13.0. The highest BCUT2D eigenvalue weighted by Crippen LogP contribution is 2.34. The highest BCUT2D eigenvalue weighted by molar-refractivity contribution is 5.94. The lowest BCUT2D eigenvalue weighted by molar-refractivity contribution is 0.0735. The molecule has 0 unspecified atom stereocenters. The zero-order valence-corrected chi connectivity index (χ0v) is 13.0.